The second-order valence-corrected chi connectivity index (χ2v) is 6.85. The van der Waals surface area contributed by atoms with Crippen molar-refractivity contribution in [3.63, 3.8) is 0 Å². The van der Waals surface area contributed by atoms with E-state index in [1.54, 1.807) is 19.2 Å². The van der Waals surface area contributed by atoms with Crippen molar-refractivity contribution in [3.8, 4) is 0 Å². The first-order valence-corrected chi connectivity index (χ1v) is 9.14. The van der Waals surface area contributed by atoms with Gasteiger partial charge >= 0.3 is 5.63 Å². The lowest BCUT2D eigenvalue weighted by Gasteiger charge is -2.22. The summed E-state index contributed by atoms with van der Waals surface area (Å²) in [6, 6.07) is 11.0. The van der Waals surface area contributed by atoms with Crippen molar-refractivity contribution in [1.82, 2.24) is 10.3 Å². The predicted octanol–water partition coefficient (Wildman–Crippen LogP) is 4.06. The molecule has 0 saturated carbocycles. The number of carbonyl (C=O) groups excluding carboxylic acids is 1. The molecule has 29 heavy (non-hydrogen) atoms. The number of halogens is 2. The summed E-state index contributed by atoms with van der Waals surface area (Å²) in [6.45, 7) is 3.59. The highest BCUT2D eigenvalue weighted by Gasteiger charge is 2.22. The Balaban J connectivity index is 0.00000150. The number of aromatic nitrogens is 1. The number of hydrogen-bond acceptors (Lipinski definition) is 5. The van der Waals surface area contributed by atoms with Crippen molar-refractivity contribution in [2.45, 2.75) is 25.7 Å². The molecular formula is C21H23Cl2N3O3. The zero-order valence-electron chi connectivity index (χ0n) is 15.9. The van der Waals surface area contributed by atoms with Crippen LogP contribution in [0.4, 0.5) is 5.69 Å². The van der Waals surface area contributed by atoms with Crippen molar-refractivity contribution in [3.05, 3.63) is 69.9 Å². The van der Waals surface area contributed by atoms with Gasteiger partial charge in [-0.2, -0.15) is 0 Å². The second kappa shape index (κ2) is 9.87. The highest BCUT2D eigenvalue weighted by molar-refractivity contribution is 6.09. The minimum Gasteiger partial charge on any atom is -0.427 e. The van der Waals surface area contributed by atoms with Crippen LogP contribution in [0.5, 0.6) is 0 Å². The Morgan fingerprint density at radius 2 is 1.93 bits per heavy atom. The summed E-state index contributed by atoms with van der Waals surface area (Å²) in [4.78, 5) is 29.6. The molecule has 154 valence electrons. The molecule has 6 nitrogen and oxygen atoms in total. The fourth-order valence-electron chi connectivity index (χ4n) is 3.61. The number of aryl methyl sites for hydroxylation is 1. The third-order valence-electron chi connectivity index (χ3n) is 5.03. The largest absolute Gasteiger partial charge is 0.427 e. The molecule has 1 fully saturated rings. The van der Waals surface area contributed by atoms with Gasteiger partial charge in [-0.3, -0.25) is 9.78 Å². The van der Waals surface area contributed by atoms with Crippen molar-refractivity contribution in [2.75, 3.05) is 18.4 Å². The van der Waals surface area contributed by atoms with E-state index in [0.29, 0.717) is 17.0 Å². The average molecular weight is 436 g/mol. The molecule has 3 aromatic rings. The number of anilines is 1. The third-order valence-corrected chi connectivity index (χ3v) is 5.03. The highest BCUT2D eigenvalue weighted by Crippen LogP contribution is 2.26. The van der Waals surface area contributed by atoms with E-state index < -0.39 is 11.5 Å². The van der Waals surface area contributed by atoms with E-state index in [4.69, 9.17) is 4.42 Å². The summed E-state index contributed by atoms with van der Waals surface area (Å²) in [7, 11) is 0. The maximum Gasteiger partial charge on any atom is 0.349 e. The smallest absolute Gasteiger partial charge is 0.349 e. The van der Waals surface area contributed by atoms with E-state index in [9.17, 15) is 9.59 Å². The Kier molecular flexibility index (Phi) is 7.79. The van der Waals surface area contributed by atoms with Gasteiger partial charge in [-0.05, 0) is 68.8 Å². The Labute approximate surface area is 180 Å². The summed E-state index contributed by atoms with van der Waals surface area (Å²) in [5.41, 5.74) is 1.50. The Morgan fingerprint density at radius 1 is 1.17 bits per heavy atom. The number of carbonyl (C=O) groups is 1. The number of benzene rings is 1. The molecule has 1 aliphatic heterocycles. The van der Waals surface area contributed by atoms with Crippen LogP contribution in [-0.4, -0.2) is 24.0 Å². The first-order valence-electron chi connectivity index (χ1n) is 9.14. The van der Waals surface area contributed by atoms with Gasteiger partial charge in [0.1, 0.15) is 11.3 Å². The zero-order valence-corrected chi connectivity index (χ0v) is 17.6. The summed E-state index contributed by atoms with van der Waals surface area (Å²) in [5.74, 6) is 0.429. The molecule has 0 atom stereocenters. The van der Waals surface area contributed by atoms with Gasteiger partial charge in [-0.25, -0.2) is 4.79 Å². The van der Waals surface area contributed by atoms with Crippen LogP contribution in [0, 0.1) is 6.92 Å². The standard InChI is InChI=1S/C21H21N3O3.2ClH/c1-13-12-18(14-7-10-22-11-8-14)27-21(26)19(13)20(25)24-17-6-2-5-16-15(17)4-3-9-23-16;;/h2-6,9,12,14,22H,7-8,10-11H2,1H3,(H,24,25);2*1H. The maximum absolute atomic E-state index is 12.8. The van der Waals surface area contributed by atoms with Crippen LogP contribution in [0.3, 0.4) is 0 Å². The van der Waals surface area contributed by atoms with E-state index in [0.717, 1.165) is 36.8 Å². The number of piperidine rings is 1. The molecule has 8 heteroatoms. The van der Waals surface area contributed by atoms with Gasteiger partial charge in [0.2, 0.25) is 0 Å². The average Bonchev–Trinajstić information content (AvgIpc) is 2.68. The van der Waals surface area contributed by atoms with Crippen LogP contribution in [0.1, 0.15) is 40.4 Å². The summed E-state index contributed by atoms with van der Waals surface area (Å²) in [6.07, 6.45) is 3.56. The molecule has 0 bridgehead atoms. The van der Waals surface area contributed by atoms with Crippen molar-refractivity contribution in [1.29, 1.82) is 0 Å². The number of fused-ring (bicyclic) bond motifs is 1. The summed E-state index contributed by atoms with van der Waals surface area (Å²) < 4.78 is 5.52. The Bertz CT molecular complexity index is 1060. The summed E-state index contributed by atoms with van der Waals surface area (Å²) in [5, 5.41) is 6.95. The molecule has 0 aliphatic carbocycles. The van der Waals surface area contributed by atoms with Crippen LogP contribution in [0.2, 0.25) is 0 Å². The molecule has 1 aromatic carbocycles. The normalized spacial score (nSPS) is 14.0. The van der Waals surface area contributed by atoms with E-state index in [1.807, 2.05) is 30.3 Å². The van der Waals surface area contributed by atoms with Crippen LogP contribution in [0.25, 0.3) is 10.9 Å². The Hall–Kier alpha value is -2.41. The quantitative estimate of drug-likeness (QED) is 0.647. The summed E-state index contributed by atoms with van der Waals surface area (Å²) >= 11 is 0. The van der Waals surface area contributed by atoms with E-state index in [1.165, 1.54) is 0 Å². The van der Waals surface area contributed by atoms with Crippen molar-refractivity contribution in [2.24, 2.45) is 0 Å². The molecule has 2 N–H and O–H groups in total. The molecule has 1 saturated heterocycles. The minimum atomic E-state index is -0.584. The lowest BCUT2D eigenvalue weighted by atomic mass is 9.94. The number of amides is 1. The molecular weight excluding hydrogens is 413 g/mol. The maximum atomic E-state index is 12.8. The molecule has 1 aliphatic rings. The van der Waals surface area contributed by atoms with Gasteiger partial charge in [0.05, 0.1) is 11.2 Å². The topological polar surface area (TPSA) is 84.2 Å². The van der Waals surface area contributed by atoms with Gasteiger partial charge < -0.3 is 15.1 Å². The molecule has 4 rings (SSSR count). The molecule has 0 unspecified atom stereocenters. The van der Waals surface area contributed by atoms with E-state index >= 15 is 0 Å². The number of nitrogens with zero attached hydrogens (tertiary/aromatic N) is 1. The molecule has 0 spiro atoms. The molecule has 1 amide bonds. The van der Waals surface area contributed by atoms with Gasteiger partial charge in [-0.1, -0.05) is 6.07 Å². The lowest BCUT2D eigenvalue weighted by Crippen LogP contribution is -2.28. The van der Waals surface area contributed by atoms with Crippen LogP contribution in [-0.2, 0) is 0 Å². The third kappa shape index (κ3) is 4.78. The van der Waals surface area contributed by atoms with Crippen molar-refractivity contribution < 1.29 is 9.21 Å². The van der Waals surface area contributed by atoms with Gasteiger partial charge in [-0.15, -0.1) is 24.8 Å². The second-order valence-electron chi connectivity index (χ2n) is 6.85. The zero-order chi connectivity index (χ0) is 18.8. The SMILES string of the molecule is Cc1cc(C2CCNCC2)oc(=O)c1C(=O)Nc1cccc2ncccc12.Cl.Cl. The van der Waals surface area contributed by atoms with E-state index in [2.05, 4.69) is 15.6 Å². The van der Waals surface area contributed by atoms with Gasteiger partial charge in [0, 0.05) is 17.5 Å². The molecule has 3 heterocycles. The lowest BCUT2D eigenvalue weighted by molar-refractivity contribution is 0.102. The number of pyridine rings is 1. The van der Waals surface area contributed by atoms with Crippen molar-refractivity contribution >= 4 is 47.3 Å². The Morgan fingerprint density at radius 3 is 2.66 bits per heavy atom. The van der Waals surface area contributed by atoms with Crippen LogP contribution in [0.15, 0.2) is 51.8 Å². The minimum absolute atomic E-state index is 0. The van der Waals surface area contributed by atoms with E-state index in [-0.39, 0.29) is 36.3 Å². The van der Waals surface area contributed by atoms with Crippen LogP contribution >= 0.6 is 24.8 Å². The first-order chi connectivity index (χ1) is 13.1. The van der Waals surface area contributed by atoms with Crippen LogP contribution < -0.4 is 16.3 Å². The number of hydrogen-bond donors (Lipinski definition) is 2. The van der Waals surface area contributed by atoms with Gasteiger partial charge in [0.15, 0.2) is 0 Å². The number of rotatable bonds is 3. The monoisotopic (exact) mass is 435 g/mol. The fourth-order valence-corrected chi connectivity index (χ4v) is 3.61. The molecule has 0 radical (unpaired) electrons. The van der Waals surface area contributed by atoms with Gasteiger partial charge in [0.25, 0.3) is 5.91 Å². The molecule has 2 aromatic heterocycles. The highest BCUT2D eigenvalue weighted by atomic mass is 35.5. The number of nitrogens with one attached hydrogen (secondary N) is 2. The fraction of sp³-hybridized carbons (Fsp3) is 0.286. The predicted molar refractivity (Wildman–Crippen MR) is 119 cm³/mol. The first kappa shape index (κ1) is 22.9.